The summed E-state index contributed by atoms with van der Waals surface area (Å²) in [6, 6.07) is 31.7. The smallest absolute Gasteiger partial charge is 0.324 e. The van der Waals surface area contributed by atoms with Gasteiger partial charge in [0.1, 0.15) is 11.5 Å². The molecule has 0 spiro atoms. The first-order chi connectivity index (χ1) is 31.9. The maximum absolute atomic E-state index is 12.8. The monoisotopic (exact) mass is 1370 g/mol. The number of alkyl halides is 4. The van der Waals surface area contributed by atoms with Crippen molar-refractivity contribution in [3.05, 3.63) is 97.1 Å². The summed E-state index contributed by atoms with van der Waals surface area (Å²) in [6.07, 6.45) is 0.438. The highest BCUT2D eigenvalue weighted by Crippen LogP contribution is 2.32. The summed E-state index contributed by atoms with van der Waals surface area (Å²) in [5.41, 5.74) is 6.51. The van der Waals surface area contributed by atoms with Crippen LogP contribution >= 0.6 is 90.4 Å². The molecule has 15 nitrogen and oxygen atoms in total. The van der Waals surface area contributed by atoms with Crippen molar-refractivity contribution in [3.8, 4) is 11.5 Å². The van der Waals surface area contributed by atoms with Crippen molar-refractivity contribution in [3.63, 3.8) is 0 Å². The number of carbonyl (C=O) groups excluding carboxylic acids is 2. The number of urea groups is 2. The van der Waals surface area contributed by atoms with Crippen molar-refractivity contribution in [1.29, 1.82) is 0 Å². The van der Waals surface area contributed by atoms with Gasteiger partial charge in [-0.15, -0.1) is 0 Å². The summed E-state index contributed by atoms with van der Waals surface area (Å²) in [5.74, 6) is 0.587. The van der Waals surface area contributed by atoms with Crippen LogP contribution in [0.2, 0.25) is 0 Å². The predicted molar refractivity (Wildman–Crippen MR) is 305 cm³/mol. The molecular weight excluding hydrogens is 1310 g/mol. The molecule has 0 aromatic heterocycles. The molecule has 4 aromatic carbocycles. The van der Waals surface area contributed by atoms with Gasteiger partial charge in [0.05, 0.1) is 33.5 Å². The van der Waals surface area contributed by atoms with Crippen LogP contribution in [0.4, 0.5) is 43.7 Å². The summed E-state index contributed by atoms with van der Waals surface area (Å²) >= 11 is 9.61. The molecule has 0 radical (unpaired) electrons. The van der Waals surface area contributed by atoms with Crippen molar-refractivity contribution in [2.75, 3.05) is 130 Å². The van der Waals surface area contributed by atoms with Crippen molar-refractivity contribution < 1.29 is 34.8 Å². The van der Waals surface area contributed by atoms with Crippen LogP contribution in [-0.2, 0) is 9.47 Å². The van der Waals surface area contributed by atoms with Gasteiger partial charge < -0.3 is 54.6 Å². The molecule has 0 bridgehead atoms. The van der Waals surface area contributed by atoms with E-state index in [0.717, 1.165) is 84.0 Å². The van der Waals surface area contributed by atoms with Crippen molar-refractivity contribution in [2.45, 2.75) is 34.2 Å². The van der Waals surface area contributed by atoms with Gasteiger partial charge in [-0.05, 0) is 111 Å². The van der Waals surface area contributed by atoms with E-state index in [1.165, 1.54) is 11.4 Å². The second-order valence-corrected chi connectivity index (χ2v) is 21.4. The maximum Gasteiger partial charge on any atom is 0.324 e. The Labute approximate surface area is 449 Å². The number of phenolic OH excluding ortho intramolecular Hbond substituents is 2. The molecule has 4 unspecified atom stereocenters. The first-order valence-corrected chi connectivity index (χ1v) is 28.0. The first kappa shape index (κ1) is 53.4. The van der Waals surface area contributed by atoms with Gasteiger partial charge in [0.15, 0.2) is 0 Å². The van der Waals surface area contributed by atoms with Gasteiger partial charge in [-0.25, -0.2) is 9.59 Å². The minimum Gasteiger partial charge on any atom is -0.508 e. The predicted octanol–water partition coefficient (Wildman–Crippen LogP) is 8.30. The van der Waals surface area contributed by atoms with E-state index >= 15 is 0 Å². The Morgan fingerprint density at radius 3 is 1.16 bits per heavy atom. The topological polar surface area (TPSA) is 150 Å². The lowest BCUT2D eigenvalue weighted by Crippen LogP contribution is -2.50. The third kappa shape index (κ3) is 14.1. The highest BCUT2D eigenvalue weighted by molar-refractivity contribution is 14.1. The van der Waals surface area contributed by atoms with Gasteiger partial charge in [0.2, 0.25) is 0 Å². The fourth-order valence-electron chi connectivity index (χ4n) is 8.38. The Kier molecular flexibility index (Phi) is 20.5. The molecule has 4 fully saturated rings. The lowest BCUT2D eigenvalue weighted by atomic mass is 10.2. The third-order valence-electron chi connectivity index (χ3n) is 12.2. The van der Waals surface area contributed by atoms with Crippen LogP contribution in [0.1, 0.15) is 13.8 Å². The van der Waals surface area contributed by atoms with Gasteiger partial charge in [-0.3, -0.25) is 9.80 Å². The van der Waals surface area contributed by atoms with E-state index in [4.69, 9.17) is 9.47 Å². The zero-order valence-corrected chi connectivity index (χ0v) is 46.6. The normalized spacial score (nSPS) is 19.7. The summed E-state index contributed by atoms with van der Waals surface area (Å²) in [5, 5.41) is 19.1. The first-order valence-electron chi connectivity index (χ1n) is 22.5. The minimum atomic E-state index is 0. The van der Waals surface area contributed by atoms with Gasteiger partial charge in [0.25, 0.3) is 0 Å². The molecule has 4 saturated heterocycles. The van der Waals surface area contributed by atoms with Crippen LogP contribution in [0.3, 0.4) is 0 Å². The Balaban J connectivity index is 0.000000218. The summed E-state index contributed by atoms with van der Waals surface area (Å²) in [7, 11) is 0. The Morgan fingerprint density at radius 2 is 0.836 bits per heavy atom. The van der Waals surface area contributed by atoms with E-state index in [1.54, 1.807) is 24.3 Å². The molecule has 67 heavy (non-hydrogen) atoms. The second-order valence-electron chi connectivity index (χ2n) is 16.7. The number of amides is 4. The number of piperazine rings is 2. The van der Waals surface area contributed by atoms with Crippen molar-refractivity contribution in [2.24, 2.45) is 0 Å². The van der Waals surface area contributed by atoms with E-state index < -0.39 is 0 Å². The molecule has 4 atom stereocenters. The van der Waals surface area contributed by atoms with Crippen molar-refractivity contribution in [1.82, 2.24) is 9.80 Å². The minimum absolute atomic E-state index is 0. The molecule has 0 aliphatic carbocycles. The Hall–Kier alpha value is -2.98. The number of carbonyl (C=O) groups is 2. The number of phenols is 2. The molecule has 4 aromatic rings. The number of anilines is 6. The molecule has 8 rings (SSSR count). The number of hydrogen-bond acceptors (Lipinski definition) is 10. The van der Waals surface area contributed by atoms with Gasteiger partial charge in [-0.2, -0.15) is 0 Å². The standard InChI is InChI=1S/2C24H30I2N4O3.H2O/c2*1-18(16-25)33-15-14-27-10-13-30(24(27)32)21-4-2-20(3-5-21)29-12-11-28(17-23(29)26)19-6-8-22(31)9-7-19;/h2*2-9,18,23,31H,10-17H2,1H3;1H2. The molecule has 4 N–H and O–H groups in total. The molecule has 4 amide bonds. The summed E-state index contributed by atoms with van der Waals surface area (Å²) in [6.45, 7) is 14.9. The fourth-order valence-corrected chi connectivity index (χ4v) is 11.0. The largest absolute Gasteiger partial charge is 0.508 e. The number of benzene rings is 4. The van der Waals surface area contributed by atoms with Crippen LogP contribution in [-0.4, -0.2) is 158 Å². The average molecular weight is 1370 g/mol. The van der Waals surface area contributed by atoms with E-state index in [9.17, 15) is 19.8 Å². The van der Waals surface area contributed by atoms with Gasteiger partial charge in [-0.1, -0.05) is 90.4 Å². The highest BCUT2D eigenvalue weighted by Gasteiger charge is 2.32. The Morgan fingerprint density at radius 1 is 0.507 bits per heavy atom. The summed E-state index contributed by atoms with van der Waals surface area (Å²) in [4.78, 5) is 42.7. The zero-order valence-electron chi connectivity index (χ0n) is 38.0. The molecular formula is C48H62I4N8O7. The van der Waals surface area contributed by atoms with Crippen LogP contribution in [0.25, 0.3) is 0 Å². The third-order valence-corrected chi connectivity index (χ3v) is 16.8. The highest BCUT2D eigenvalue weighted by atomic mass is 127. The van der Waals surface area contributed by atoms with E-state index in [0.29, 0.717) is 59.0 Å². The van der Waals surface area contributed by atoms with Crippen LogP contribution in [0, 0.1) is 0 Å². The van der Waals surface area contributed by atoms with E-state index in [2.05, 4.69) is 172 Å². The quantitative estimate of drug-likeness (QED) is 0.0638. The molecule has 4 aliphatic heterocycles. The number of aromatic hydroxyl groups is 2. The molecule has 4 heterocycles. The lowest BCUT2D eigenvalue weighted by molar-refractivity contribution is 0.0723. The SMILES string of the molecule is CC(CI)OCCN1CCN(c2ccc(N3CCN(c4ccc(O)cc4)CC3I)cc2)C1=O.CC(CI)OCCN1CCN(c2ccc(N3CCN(c4ccc(O)cc4)CC3I)cc2)C1=O.O. The van der Waals surface area contributed by atoms with Crippen LogP contribution in [0.15, 0.2) is 97.1 Å². The fraction of sp³-hybridized carbons (Fsp3) is 0.458. The number of rotatable bonds is 16. The zero-order chi connectivity index (χ0) is 46.7. The van der Waals surface area contributed by atoms with Gasteiger partial charge in [0, 0.05) is 122 Å². The Bertz CT molecular complexity index is 2010. The average Bonchev–Trinajstić information content (AvgIpc) is 3.89. The van der Waals surface area contributed by atoms with Crippen LogP contribution in [0.5, 0.6) is 11.5 Å². The molecule has 19 heteroatoms. The maximum atomic E-state index is 12.8. The van der Waals surface area contributed by atoms with E-state index in [1.807, 2.05) is 43.9 Å². The molecule has 4 aliphatic rings. The van der Waals surface area contributed by atoms with Crippen molar-refractivity contribution >= 4 is 137 Å². The second kappa shape index (κ2) is 25.8. The number of hydrogen-bond donors (Lipinski definition) is 2. The number of nitrogens with zero attached hydrogens (tertiary/aromatic N) is 8. The molecule has 0 saturated carbocycles. The number of ether oxygens (including phenoxy) is 2. The number of halogens is 4. The molecule has 364 valence electrons. The van der Waals surface area contributed by atoms with Gasteiger partial charge >= 0.3 is 12.1 Å². The summed E-state index contributed by atoms with van der Waals surface area (Å²) < 4.78 is 14.0. The van der Waals surface area contributed by atoms with Crippen LogP contribution < -0.4 is 29.4 Å². The lowest BCUT2D eigenvalue weighted by Gasteiger charge is -2.41. The van der Waals surface area contributed by atoms with E-state index in [-0.39, 0.29) is 29.7 Å².